The summed E-state index contributed by atoms with van der Waals surface area (Å²) in [4.78, 5) is 10.5. The molecule has 1 aliphatic heterocycles. The minimum absolute atomic E-state index is 0.565. The van der Waals surface area contributed by atoms with Crippen molar-refractivity contribution in [2.75, 3.05) is 30.7 Å². The number of hydrogen-bond acceptors (Lipinski definition) is 5. The van der Waals surface area contributed by atoms with Crippen molar-refractivity contribution in [3.05, 3.63) is 47.4 Å². The number of aryl methyl sites for hydroxylation is 2. The van der Waals surface area contributed by atoms with Gasteiger partial charge in [-0.2, -0.15) is 0 Å². The molecule has 0 amide bonds. The predicted octanol–water partition coefficient (Wildman–Crippen LogP) is 3.76. The molecular formula is C19H26N4S. The van der Waals surface area contributed by atoms with Crippen LogP contribution in [0.4, 0.5) is 5.82 Å². The molecule has 5 heteroatoms. The van der Waals surface area contributed by atoms with Crippen LogP contribution >= 0.6 is 11.8 Å². The van der Waals surface area contributed by atoms with E-state index in [1.54, 1.807) is 0 Å². The Bertz CT molecular complexity index is 651. The fraction of sp³-hybridized carbons (Fsp3) is 0.474. The molecule has 0 saturated carbocycles. The molecule has 4 nitrogen and oxygen atoms in total. The number of benzene rings is 1. The van der Waals surface area contributed by atoms with E-state index in [4.69, 9.17) is 0 Å². The van der Waals surface area contributed by atoms with Crippen molar-refractivity contribution in [2.24, 2.45) is 0 Å². The maximum atomic E-state index is 4.66. The monoisotopic (exact) mass is 342 g/mol. The highest BCUT2D eigenvalue weighted by Gasteiger charge is 2.17. The number of anilines is 1. The van der Waals surface area contributed by atoms with Crippen LogP contribution in [0.15, 0.2) is 35.2 Å². The van der Waals surface area contributed by atoms with Crippen molar-refractivity contribution < 1.29 is 0 Å². The van der Waals surface area contributed by atoms with Crippen LogP contribution in [-0.2, 0) is 0 Å². The van der Waals surface area contributed by atoms with Gasteiger partial charge < -0.3 is 10.6 Å². The van der Waals surface area contributed by atoms with Crippen LogP contribution in [0.1, 0.15) is 35.8 Å². The summed E-state index contributed by atoms with van der Waals surface area (Å²) in [7, 11) is 0. The van der Waals surface area contributed by atoms with E-state index in [-0.39, 0.29) is 0 Å². The number of nitrogens with zero attached hydrogens (tertiary/aromatic N) is 2. The van der Waals surface area contributed by atoms with Gasteiger partial charge in [0.25, 0.3) is 0 Å². The largest absolute Gasteiger partial charge is 0.369 e. The normalized spacial score (nSPS) is 15.4. The third-order valence-corrected chi connectivity index (χ3v) is 5.33. The van der Waals surface area contributed by atoms with Gasteiger partial charge in [0.05, 0.1) is 0 Å². The molecule has 2 heterocycles. The van der Waals surface area contributed by atoms with Crippen LogP contribution in [0, 0.1) is 13.8 Å². The van der Waals surface area contributed by atoms with Crippen molar-refractivity contribution in [1.82, 2.24) is 15.3 Å². The quantitative estimate of drug-likeness (QED) is 0.618. The SMILES string of the molecule is Cc1ccc(SCCNc2cc(C3CCNCC3)nc(C)n2)cc1. The second-order valence-corrected chi connectivity index (χ2v) is 7.51. The van der Waals surface area contributed by atoms with Gasteiger partial charge in [-0.15, -0.1) is 11.8 Å². The molecule has 1 aromatic carbocycles. The summed E-state index contributed by atoms with van der Waals surface area (Å²) >= 11 is 1.87. The standard InChI is InChI=1S/C19H26N4S/c1-14-3-5-17(6-4-14)24-12-11-21-19-13-18(22-15(2)23-19)16-7-9-20-10-8-16/h3-6,13,16,20H,7-12H2,1-2H3,(H,21,22,23). The summed E-state index contributed by atoms with van der Waals surface area (Å²) in [6.07, 6.45) is 2.33. The lowest BCUT2D eigenvalue weighted by Gasteiger charge is -2.22. The van der Waals surface area contributed by atoms with Crippen LogP contribution < -0.4 is 10.6 Å². The van der Waals surface area contributed by atoms with Gasteiger partial charge in [0.2, 0.25) is 0 Å². The Morgan fingerprint density at radius 1 is 1.12 bits per heavy atom. The number of thioether (sulfide) groups is 1. The number of piperidine rings is 1. The number of rotatable bonds is 6. The molecule has 1 fully saturated rings. The number of aromatic nitrogens is 2. The summed E-state index contributed by atoms with van der Waals surface area (Å²) in [5.41, 5.74) is 2.50. The van der Waals surface area contributed by atoms with Gasteiger partial charge in [-0.1, -0.05) is 17.7 Å². The Morgan fingerprint density at radius 3 is 2.62 bits per heavy atom. The Morgan fingerprint density at radius 2 is 1.88 bits per heavy atom. The smallest absolute Gasteiger partial charge is 0.129 e. The lowest BCUT2D eigenvalue weighted by atomic mass is 9.94. The van der Waals surface area contributed by atoms with Crippen molar-refractivity contribution in [2.45, 2.75) is 37.5 Å². The van der Waals surface area contributed by atoms with E-state index in [2.05, 4.69) is 57.9 Å². The summed E-state index contributed by atoms with van der Waals surface area (Å²) in [5.74, 6) is 3.41. The third kappa shape index (κ3) is 4.95. The molecule has 128 valence electrons. The van der Waals surface area contributed by atoms with E-state index in [0.29, 0.717) is 5.92 Å². The minimum Gasteiger partial charge on any atom is -0.369 e. The highest BCUT2D eigenvalue weighted by molar-refractivity contribution is 7.99. The zero-order valence-corrected chi connectivity index (χ0v) is 15.3. The van der Waals surface area contributed by atoms with Crippen molar-refractivity contribution in [3.63, 3.8) is 0 Å². The highest BCUT2D eigenvalue weighted by Crippen LogP contribution is 2.25. The molecular weight excluding hydrogens is 316 g/mol. The van der Waals surface area contributed by atoms with Gasteiger partial charge in [0.15, 0.2) is 0 Å². The molecule has 0 spiro atoms. The first-order valence-corrected chi connectivity index (χ1v) is 9.69. The molecule has 24 heavy (non-hydrogen) atoms. The first-order chi connectivity index (χ1) is 11.7. The van der Waals surface area contributed by atoms with Gasteiger partial charge in [-0.05, 0) is 51.9 Å². The average molecular weight is 343 g/mol. The molecule has 0 radical (unpaired) electrons. The van der Waals surface area contributed by atoms with Gasteiger partial charge in [-0.3, -0.25) is 0 Å². The van der Waals surface area contributed by atoms with E-state index >= 15 is 0 Å². The number of nitrogens with one attached hydrogen (secondary N) is 2. The van der Waals surface area contributed by atoms with Crippen LogP contribution in [0.2, 0.25) is 0 Å². The second kappa shape index (κ2) is 8.49. The van der Waals surface area contributed by atoms with Crippen molar-refractivity contribution in [1.29, 1.82) is 0 Å². The molecule has 1 saturated heterocycles. The molecule has 1 aliphatic rings. The Balaban J connectivity index is 1.52. The van der Waals surface area contributed by atoms with Gasteiger partial charge in [0, 0.05) is 34.9 Å². The zero-order chi connectivity index (χ0) is 16.8. The molecule has 1 aromatic heterocycles. The Hall–Kier alpha value is -1.59. The zero-order valence-electron chi connectivity index (χ0n) is 14.5. The Kier molecular flexibility index (Phi) is 6.10. The lowest BCUT2D eigenvalue weighted by molar-refractivity contribution is 0.452. The third-order valence-electron chi connectivity index (χ3n) is 4.31. The summed E-state index contributed by atoms with van der Waals surface area (Å²) in [6.45, 7) is 7.18. The maximum Gasteiger partial charge on any atom is 0.129 e. The van der Waals surface area contributed by atoms with E-state index in [1.165, 1.54) is 29.0 Å². The number of hydrogen-bond donors (Lipinski definition) is 2. The molecule has 2 aromatic rings. The van der Waals surface area contributed by atoms with Gasteiger partial charge in [0.1, 0.15) is 11.6 Å². The molecule has 3 rings (SSSR count). The average Bonchev–Trinajstić information content (AvgIpc) is 2.61. The van der Waals surface area contributed by atoms with E-state index < -0.39 is 0 Å². The summed E-state index contributed by atoms with van der Waals surface area (Å²) in [5, 5.41) is 6.87. The second-order valence-electron chi connectivity index (χ2n) is 6.34. The van der Waals surface area contributed by atoms with Gasteiger partial charge >= 0.3 is 0 Å². The minimum atomic E-state index is 0.565. The fourth-order valence-corrected chi connectivity index (χ4v) is 3.76. The van der Waals surface area contributed by atoms with Crippen molar-refractivity contribution >= 4 is 17.6 Å². The molecule has 0 unspecified atom stereocenters. The fourth-order valence-electron chi connectivity index (χ4n) is 2.99. The van der Waals surface area contributed by atoms with Crippen LogP contribution in [0.5, 0.6) is 0 Å². The summed E-state index contributed by atoms with van der Waals surface area (Å²) < 4.78 is 0. The molecule has 2 N–H and O–H groups in total. The molecule has 0 bridgehead atoms. The van der Waals surface area contributed by atoms with Crippen molar-refractivity contribution in [3.8, 4) is 0 Å². The lowest BCUT2D eigenvalue weighted by Crippen LogP contribution is -2.27. The summed E-state index contributed by atoms with van der Waals surface area (Å²) in [6, 6.07) is 10.8. The van der Waals surface area contributed by atoms with E-state index in [0.717, 1.165) is 37.0 Å². The first kappa shape index (κ1) is 17.2. The van der Waals surface area contributed by atoms with Crippen LogP contribution in [0.3, 0.4) is 0 Å². The van der Waals surface area contributed by atoms with Crippen LogP contribution in [0.25, 0.3) is 0 Å². The van der Waals surface area contributed by atoms with Gasteiger partial charge in [-0.25, -0.2) is 9.97 Å². The predicted molar refractivity (Wildman–Crippen MR) is 102 cm³/mol. The Labute approximate surface area is 148 Å². The maximum absolute atomic E-state index is 4.66. The topological polar surface area (TPSA) is 49.8 Å². The molecule has 0 atom stereocenters. The highest BCUT2D eigenvalue weighted by atomic mass is 32.2. The first-order valence-electron chi connectivity index (χ1n) is 8.70. The van der Waals surface area contributed by atoms with E-state index in [9.17, 15) is 0 Å². The van der Waals surface area contributed by atoms with Crippen LogP contribution in [-0.4, -0.2) is 35.4 Å². The molecule has 0 aliphatic carbocycles. The van der Waals surface area contributed by atoms with E-state index in [1.807, 2.05) is 18.7 Å².